The van der Waals surface area contributed by atoms with Gasteiger partial charge >= 0.3 is 5.97 Å². The van der Waals surface area contributed by atoms with Crippen molar-refractivity contribution in [2.45, 2.75) is 132 Å². The number of nitrogens with one attached hydrogen (secondary N) is 1. The van der Waals surface area contributed by atoms with Gasteiger partial charge in [0.05, 0.1) is 37.9 Å². The molecule has 1 aromatic rings. The van der Waals surface area contributed by atoms with Crippen LogP contribution in [0.15, 0.2) is 23.0 Å². The fourth-order valence-corrected chi connectivity index (χ4v) is 12.9. The number of nitrogens with two attached hydrogens (primary N) is 1. The molecule has 10 nitrogen and oxygen atoms in total. The first-order valence-corrected chi connectivity index (χ1v) is 20.5. The predicted octanol–water partition coefficient (Wildman–Crippen LogP) is 6.91. The van der Waals surface area contributed by atoms with Gasteiger partial charge in [-0.3, -0.25) is 9.79 Å². The molecular weight excluding hydrogens is 652 g/mol. The minimum Gasteiger partial charge on any atom is -0.481 e. The molecule has 6 aliphatic rings. The van der Waals surface area contributed by atoms with E-state index in [4.69, 9.17) is 30.3 Å². The van der Waals surface area contributed by atoms with Gasteiger partial charge in [-0.25, -0.2) is 9.67 Å². The number of allylic oxidation sites excluding steroid dienone is 1. The maximum Gasteiger partial charge on any atom is 0.307 e. The van der Waals surface area contributed by atoms with Gasteiger partial charge in [0, 0.05) is 29.5 Å². The third-order valence-corrected chi connectivity index (χ3v) is 17.0. The smallest absolute Gasteiger partial charge is 0.307 e. The van der Waals surface area contributed by atoms with Crippen molar-refractivity contribution in [1.29, 1.82) is 0 Å². The number of aliphatic carboxylic acids is 1. The first kappa shape index (κ1) is 38.0. The van der Waals surface area contributed by atoms with Crippen LogP contribution in [0.2, 0.25) is 0 Å². The highest BCUT2D eigenvalue weighted by atomic mass is 16.5. The molecule has 12 atom stereocenters. The number of carboxylic acid groups (broad SMARTS) is 1. The molecule has 1 saturated heterocycles. The second-order valence-electron chi connectivity index (χ2n) is 20.0. The summed E-state index contributed by atoms with van der Waals surface area (Å²) in [4.78, 5) is 23.2. The first-order chi connectivity index (χ1) is 24.4. The number of fused-ring (bicyclic) bond motifs is 3. The number of rotatable bonds is 9. The van der Waals surface area contributed by atoms with Gasteiger partial charge in [0.15, 0.2) is 11.7 Å². The van der Waals surface area contributed by atoms with Crippen molar-refractivity contribution in [1.82, 2.24) is 20.1 Å². The molecule has 7 rings (SSSR count). The zero-order valence-corrected chi connectivity index (χ0v) is 33.8. The van der Waals surface area contributed by atoms with Gasteiger partial charge < -0.3 is 25.6 Å². The molecule has 52 heavy (non-hydrogen) atoms. The van der Waals surface area contributed by atoms with Crippen LogP contribution in [0.4, 0.5) is 0 Å². The van der Waals surface area contributed by atoms with Crippen molar-refractivity contribution in [3.63, 3.8) is 0 Å². The molecule has 4 fully saturated rings. The molecule has 1 aromatic heterocycles. The van der Waals surface area contributed by atoms with E-state index in [0.717, 1.165) is 69.7 Å². The number of aliphatic imine (C=N–C) groups is 1. The standard InChI is InChI=1S/C42H68N6O4/c1-25(2)27(5)37(6)16-17-39(8)28-12-13-31-38(7)21-51-23-42(31,29(28)14-15-40(39,9)32(37)36(49)50)20-30(33(38)52-22-41(10,43)26(3)4)48-35(46-24-47-48)34-44-18-11-19-45-34/h14,24-28,30-33H,11-13,15-23,43H2,1-10H3,(H,44,45)(H,49,50)/t27-,28+,30-,31+,32-,33+,37-,38?,39-,40+,41+,42+/m1/s1. The van der Waals surface area contributed by atoms with E-state index < -0.39 is 17.4 Å². The largest absolute Gasteiger partial charge is 0.481 e. The van der Waals surface area contributed by atoms with Crippen molar-refractivity contribution in [3.05, 3.63) is 23.8 Å². The predicted molar refractivity (Wildman–Crippen MR) is 204 cm³/mol. The Morgan fingerprint density at radius 2 is 1.88 bits per heavy atom. The van der Waals surface area contributed by atoms with Crippen LogP contribution < -0.4 is 11.1 Å². The summed E-state index contributed by atoms with van der Waals surface area (Å²) in [6.45, 7) is 26.1. The van der Waals surface area contributed by atoms with Gasteiger partial charge in [-0.2, -0.15) is 5.10 Å². The van der Waals surface area contributed by atoms with E-state index in [2.05, 4.69) is 85.3 Å². The Balaban J connectivity index is 1.34. The topological polar surface area (TPSA) is 137 Å². The van der Waals surface area contributed by atoms with Crippen molar-refractivity contribution in [3.8, 4) is 0 Å². The van der Waals surface area contributed by atoms with E-state index in [1.54, 1.807) is 6.33 Å². The summed E-state index contributed by atoms with van der Waals surface area (Å²) < 4.78 is 16.1. The molecule has 4 N–H and O–H groups in total. The summed E-state index contributed by atoms with van der Waals surface area (Å²) in [6, 6.07) is -0.105. The minimum atomic E-state index is -0.621. The molecule has 0 amide bonds. The second-order valence-corrected chi connectivity index (χ2v) is 20.0. The normalized spacial score (nSPS) is 43.3. The van der Waals surface area contributed by atoms with Gasteiger partial charge in [-0.05, 0) is 97.7 Å². The summed E-state index contributed by atoms with van der Waals surface area (Å²) in [5.74, 6) is 2.17. The summed E-state index contributed by atoms with van der Waals surface area (Å²) >= 11 is 0. The van der Waals surface area contributed by atoms with Crippen LogP contribution in [0.3, 0.4) is 0 Å². The molecule has 0 spiro atoms. The number of aromatic nitrogens is 3. The van der Waals surface area contributed by atoms with Crippen LogP contribution in [0.5, 0.6) is 0 Å². The number of ether oxygens (including phenoxy) is 2. The monoisotopic (exact) mass is 721 g/mol. The Labute approximate surface area is 312 Å². The van der Waals surface area contributed by atoms with E-state index >= 15 is 0 Å². The maximum atomic E-state index is 13.6. The highest BCUT2D eigenvalue weighted by Crippen LogP contribution is 2.75. The van der Waals surface area contributed by atoms with Gasteiger partial charge in [0.25, 0.3) is 0 Å². The lowest BCUT2D eigenvalue weighted by molar-refractivity contribution is -0.252. The molecule has 4 aliphatic carbocycles. The third-order valence-electron chi connectivity index (χ3n) is 17.0. The lowest BCUT2D eigenvalue weighted by Crippen LogP contribution is -2.69. The van der Waals surface area contributed by atoms with Crippen LogP contribution in [-0.2, 0) is 14.3 Å². The van der Waals surface area contributed by atoms with Crippen LogP contribution >= 0.6 is 0 Å². The average molecular weight is 721 g/mol. The number of hydrogen-bond donors (Lipinski definition) is 3. The molecule has 2 aliphatic heterocycles. The molecule has 3 saturated carbocycles. The van der Waals surface area contributed by atoms with E-state index in [9.17, 15) is 9.90 Å². The lowest BCUT2D eigenvalue weighted by Gasteiger charge is -2.71. The number of hydrogen-bond acceptors (Lipinski definition) is 8. The number of amidine groups is 1. The van der Waals surface area contributed by atoms with Crippen LogP contribution in [0, 0.1) is 62.6 Å². The molecule has 2 bridgehead atoms. The van der Waals surface area contributed by atoms with Gasteiger partial charge in [0.1, 0.15) is 6.33 Å². The molecule has 0 aromatic carbocycles. The molecule has 0 radical (unpaired) electrons. The second kappa shape index (κ2) is 12.9. The van der Waals surface area contributed by atoms with Crippen LogP contribution in [0.1, 0.15) is 126 Å². The lowest BCUT2D eigenvalue weighted by atomic mass is 9.34. The fourth-order valence-electron chi connectivity index (χ4n) is 12.9. The summed E-state index contributed by atoms with van der Waals surface area (Å²) in [7, 11) is 0. The molecule has 3 heterocycles. The first-order valence-electron chi connectivity index (χ1n) is 20.5. The van der Waals surface area contributed by atoms with Crippen molar-refractivity contribution in [2.24, 2.45) is 73.3 Å². The highest BCUT2D eigenvalue weighted by molar-refractivity contribution is 5.95. The van der Waals surface area contributed by atoms with Crippen LogP contribution in [0.25, 0.3) is 0 Å². The Morgan fingerprint density at radius 1 is 1.13 bits per heavy atom. The van der Waals surface area contributed by atoms with E-state index in [0.29, 0.717) is 43.5 Å². The molecule has 10 heteroatoms. The molecule has 290 valence electrons. The van der Waals surface area contributed by atoms with E-state index in [-0.39, 0.29) is 45.1 Å². The van der Waals surface area contributed by atoms with Gasteiger partial charge in [0.2, 0.25) is 0 Å². The summed E-state index contributed by atoms with van der Waals surface area (Å²) in [5, 5.41) is 19.6. The average Bonchev–Trinajstić information content (AvgIpc) is 3.58. The van der Waals surface area contributed by atoms with Crippen molar-refractivity contribution in [2.75, 3.05) is 32.9 Å². The molecule has 1 unspecified atom stereocenters. The summed E-state index contributed by atoms with van der Waals surface area (Å²) in [6.07, 6.45) is 10.7. The Hall–Kier alpha value is -2.30. The zero-order chi connectivity index (χ0) is 37.6. The molecular formula is C42H68N6O4. The third kappa shape index (κ3) is 5.33. The van der Waals surface area contributed by atoms with E-state index in [1.165, 1.54) is 5.57 Å². The Bertz CT molecular complexity index is 1600. The minimum absolute atomic E-state index is 0.105. The van der Waals surface area contributed by atoms with Gasteiger partial charge in [-0.15, -0.1) is 0 Å². The fraction of sp³-hybridized carbons (Fsp3) is 0.857. The maximum absolute atomic E-state index is 13.6. The SMILES string of the molecule is CC(C)[C@@H](C)[C@@]1(C)CC[C@]2(C)[C@H]3CC[C@H]4C5(C)COC[C@@]4(C[C@@H](n4ncnc4C4=NCCCN4)[C@@H]5OC[C@](C)(N)C(C)C)C3=CC[C@@]2(C)[C@@H]1C(=O)O. The van der Waals surface area contributed by atoms with Crippen molar-refractivity contribution < 1.29 is 19.4 Å². The van der Waals surface area contributed by atoms with Gasteiger partial charge in [-0.1, -0.05) is 74.0 Å². The number of carbonyl (C=O) groups is 1. The van der Waals surface area contributed by atoms with Crippen molar-refractivity contribution >= 4 is 11.8 Å². The summed E-state index contributed by atoms with van der Waals surface area (Å²) in [5.41, 5.74) is 6.61. The zero-order valence-electron chi connectivity index (χ0n) is 33.8. The van der Waals surface area contributed by atoms with E-state index in [1.807, 2.05) is 0 Å². The Kier molecular flexibility index (Phi) is 9.42. The highest BCUT2D eigenvalue weighted by Gasteiger charge is 2.72. The Morgan fingerprint density at radius 3 is 2.54 bits per heavy atom. The quantitative estimate of drug-likeness (QED) is 0.234. The number of nitrogens with zero attached hydrogens (tertiary/aromatic N) is 4. The number of carboxylic acids is 1. The van der Waals surface area contributed by atoms with Crippen LogP contribution in [-0.4, -0.2) is 76.2 Å².